The number of rotatable bonds is 6. The first-order valence-electron chi connectivity index (χ1n) is 6.65. The molecule has 0 radical (unpaired) electrons. The molecule has 0 aliphatic rings. The summed E-state index contributed by atoms with van der Waals surface area (Å²) in [6, 6.07) is 7.45. The molecule has 0 aromatic heterocycles. The van der Waals surface area contributed by atoms with Gasteiger partial charge in [-0.15, -0.1) is 0 Å². The lowest BCUT2D eigenvalue weighted by Gasteiger charge is -2.12. The Hall–Kier alpha value is -1.84. The molecule has 1 aromatic rings. The normalized spacial score (nSPS) is 11.3. The third kappa shape index (κ3) is 5.12. The Bertz CT molecular complexity index is 435. The van der Waals surface area contributed by atoms with E-state index in [1.165, 1.54) is 0 Å². The molecule has 104 valence electrons. The molecule has 4 heteroatoms. The number of carbonyl (C=O) groups excluding carboxylic acids is 1. The lowest BCUT2D eigenvalue weighted by atomic mass is 10.2. The Balaban J connectivity index is 2.58. The van der Waals surface area contributed by atoms with Crippen LogP contribution in [0.25, 0.3) is 0 Å². The lowest BCUT2D eigenvalue weighted by Crippen LogP contribution is -2.19. The van der Waals surface area contributed by atoms with Crippen LogP contribution in [0.4, 0.5) is 5.69 Å². The van der Waals surface area contributed by atoms with Crippen LogP contribution < -0.4 is 10.3 Å². The predicted octanol–water partition coefficient (Wildman–Crippen LogP) is 3.05. The summed E-state index contributed by atoms with van der Waals surface area (Å²) in [5.41, 5.74) is 5.24. The van der Waals surface area contributed by atoms with Crippen LogP contribution in [0.2, 0.25) is 0 Å². The molecular formula is C15H23N3O. The van der Waals surface area contributed by atoms with Crippen molar-refractivity contribution < 1.29 is 4.79 Å². The highest BCUT2D eigenvalue weighted by atomic mass is 16.2. The maximum atomic E-state index is 11.9. The Morgan fingerprint density at radius 3 is 2.42 bits per heavy atom. The summed E-state index contributed by atoms with van der Waals surface area (Å²) >= 11 is 0. The number of amides is 1. The van der Waals surface area contributed by atoms with E-state index in [4.69, 9.17) is 0 Å². The summed E-state index contributed by atoms with van der Waals surface area (Å²) < 4.78 is 0. The molecule has 0 bridgehead atoms. The van der Waals surface area contributed by atoms with Gasteiger partial charge in [-0.3, -0.25) is 4.79 Å². The fraction of sp³-hybridized carbons (Fsp3) is 0.467. The summed E-state index contributed by atoms with van der Waals surface area (Å²) in [4.78, 5) is 13.9. The number of unbranched alkanes of at least 4 members (excludes halogenated alkanes) is 1. The van der Waals surface area contributed by atoms with Gasteiger partial charge in [0.1, 0.15) is 0 Å². The third-order valence-corrected chi connectivity index (χ3v) is 2.89. The van der Waals surface area contributed by atoms with E-state index in [-0.39, 0.29) is 5.91 Å². The molecule has 0 fully saturated rings. The van der Waals surface area contributed by atoms with Crippen molar-refractivity contribution in [2.45, 2.75) is 33.1 Å². The van der Waals surface area contributed by atoms with E-state index in [9.17, 15) is 4.79 Å². The van der Waals surface area contributed by atoms with Gasteiger partial charge in [0, 0.05) is 31.1 Å². The van der Waals surface area contributed by atoms with Crippen molar-refractivity contribution in [3.8, 4) is 0 Å². The van der Waals surface area contributed by atoms with E-state index in [1.54, 1.807) is 0 Å². The van der Waals surface area contributed by atoms with Gasteiger partial charge in [0.15, 0.2) is 0 Å². The zero-order valence-electron chi connectivity index (χ0n) is 12.2. The summed E-state index contributed by atoms with van der Waals surface area (Å²) in [6.07, 6.45) is 3.16. The van der Waals surface area contributed by atoms with Crippen LogP contribution >= 0.6 is 0 Å². The van der Waals surface area contributed by atoms with Crippen LogP contribution in [0.1, 0.15) is 43.5 Å². The van der Waals surface area contributed by atoms with Gasteiger partial charge in [0.2, 0.25) is 0 Å². The second kappa shape index (κ2) is 7.56. The minimum Gasteiger partial charge on any atom is -0.378 e. The van der Waals surface area contributed by atoms with Gasteiger partial charge in [0.05, 0.1) is 0 Å². The van der Waals surface area contributed by atoms with Crippen molar-refractivity contribution >= 4 is 17.3 Å². The van der Waals surface area contributed by atoms with E-state index in [0.29, 0.717) is 5.56 Å². The highest BCUT2D eigenvalue weighted by Gasteiger charge is 2.04. The van der Waals surface area contributed by atoms with E-state index in [1.807, 2.05) is 50.2 Å². The van der Waals surface area contributed by atoms with Crippen LogP contribution in [0.3, 0.4) is 0 Å². The number of nitrogens with one attached hydrogen (secondary N) is 1. The molecule has 1 rings (SSSR count). The van der Waals surface area contributed by atoms with Gasteiger partial charge in [-0.05, 0) is 44.0 Å². The fourth-order valence-electron chi connectivity index (χ4n) is 1.61. The first-order chi connectivity index (χ1) is 9.04. The molecule has 0 aliphatic carbocycles. The summed E-state index contributed by atoms with van der Waals surface area (Å²) in [5, 5.41) is 4.10. The molecule has 0 saturated carbocycles. The van der Waals surface area contributed by atoms with Crippen molar-refractivity contribution in [3.05, 3.63) is 29.8 Å². The number of hydrazone groups is 1. The molecule has 0 atom stereocenters. The quantitative estimate of drug-likeness (QED) is 0.632. The Morgan fingerprint density at radius 1 is 1.26 bits per heavy atom. The molecule has 1 aromatic carbocycles. The van der Waals surface area contributed by atoms with Gasteiger partial charge in [0.25, 0.3) is 5.91 Å². The second-order valence-corrected chi connectivity index (χ2v) is 4.83. The van der Waals surface area contributed by atoms with Crippen LogP contribution in [-0.2, 0) is 0 Å². The molecule has 1 N–H and O–H groups in total. The average Bonchev–Trinajstić information content (AvgIpc) is 2.42. The number of anilines is 1. The number of benzene rings is 1. The van der Waals surface area contributed by atoms with Gasteiger partial charge in [-0.2, -0.15) is 5.10 Å². The minimum absolute atomic E-state index is 0.166. The van der Waals surface area contributed by atoms with Crippen LogP contribution in [0.15, 0.2) is 29.4 Å². The standard InChI is InChI=1S/C15H23N3O/c1-5-6-7-12(2)16-17-15(19)13-8-10-14(11-9-13)18(3)4/h8-11H,5-7H2,1-4H3,(H,17,19)/b16-12+. The first-order valence-corrected chi connectivity index (χ1v) is 6.65. The highest BCUT2D eigenvalue weighted by Crippen LogP contribution is 2.12. The summed E-state index contributed by atoms with van der Waals surface area (Å²) in [5.74, 6) is -0.166. The molecule has 0 heterocycles. The van der Waals surface area contributed by atoms with Gasteiger partial charge >= 0.3 is 0 Å². The Morgan fingerprint density at radius 2 is 1.89 bits per heavy atom. The molecule has 1 amide bonds. The third-order valence-electron chi connectivity index (χ3n) is 2.89. The van der Waals surface area contributed by atoms with Crippen molar-refractivity contribution in [2.24, 2.45) is 5.10 Å². The minimum atomic E-state index is -0.166. The molecule has 0 aliphatic heterocycles. The Labute approximate surface area is 115 Å². The molecule has 0 saturated heterocycles. The number of hydrogen-bond acceptors (Lipinski definition) is 3. The zero-order chi connectivity index (χ0) is 14.3. The molecule has 19 heavy (non-hydrogen) atoms. The average molecular weight is 261 g/mol. The van der Waals surface area contributed by atoms with E-state index < -0.39 is 0 Å². The number of hydrogen-bond donors (Lipinski definition) is 1. The van der Waals surface area contributed by atoms with Gasteiger partial charge in [-0.1, -0.05) is 13.3 Å². The molecule has 0 unspecified atom stereocenters. The van der Waals surface area contributed by atoms with Crippen molar-refractivity contribution in [1.29, 1.82) is 0 Å². The van der Waals surface area contributed by atoms with Crippen LogP contribution in [-0.4, -0.2) is 25.7 Å². The molecular weight excluding hydrogens is 238 g/mol. The molecule has 4 nitrogen and oxygen atoms in total. The van der Waals surface area contributed by atoms with E-state index in [2.05, 4.69) is 17.5 Å². The maximum Gasteiger partial charge on any atom is 0.271 e. The van der Waals surface area contributed by atoms with Crippen LogP contribution in [0.5, 0.6) is 0 Å². The Kier molecular flexibility index (Phi) is 6.06. The SMILES string of the molecule is CCCC/C(C)=N/NC(=O)c1ccc(N(C)C)cc1. The maximum absolute atomic E-state index is 11.9. The fourth-order valence-corrected chi connectivity index (χ4v) is 1.61. The number of carbonyl (C=O) groups is 1. The molecule has 0 spiro atoms. The van der Waals surface area contributed by atoms with E-state index >= 15 is 0 Å². The lowest BCUT2D eigenvalue weighted by molar-refractivity contribution is 0.0954. The zero-order valence-corrected chi connectivity index (χ0v) is 12.2. The van der Waals surface area contributed by atoms with Gasteiger partial charge < -0.3 is 4.90 Å². The van der Waals surface area contributed by atoms with Crippen LogP contribution in [0, 0.1) is 0 Å². The summed E-state index contributed by atoms with van der Waals surface area (Å²) in [7, 11) is 3.94. The largest absolute Gasteiger partial charge is 0.378 e. The van der Waals surface area contributed by atoms with E-state index in [0.717, 1.165) is 30.7 Å². The second-order valence-electron chi connectivity index (χ2n) is 4.83. The van der Waals surface area contributed by atoms with Crippen molar-refractivity contribution in [2.75, 3.05) is 19.0 Å². The highest BCUT2D eigenvalue weighted by molar-refractivity contribution is 5.95. The number of nitrogens with zero attached hydrogens (tertiary/aromatic N) is 2. The smallest absolute Gasteiger partial charge is 0.271 e. The summed E-state index contributed by atoms with van der Waals surface area (Å²) in [6.45, 7) is 4.07. The predicted molar refractivity (Wildman–Crippen MR) is 80.9 cm³/mol. The first kappa shape index (κ1) is 15.2. The monoisotopic (exact) mass is 261 g/mol. The van der Waals surface area contributed by atoms with Crippen molar-refractivity contribution in [3.63, 3.8) is 0 Å². The van der Waals surface area contributed by atoms with Crippen molar-refractivity contribution in [1.82, 2.24) is 5.43 Å². The van der Waals surface area contributed by atoms with Gasteiger partial charge in [-0.25, -0.2) is 5.43 Å². The topological polar surface area (TPSA) is 44.7 Å².